The van der Waals surface area contributed by atoms with Gasteiger partial charge in [-0.1, -0.05) is 13.8 Å². The number of nitrogens with zero attached hydrogens (tertiary/aromatic N) is 2. The maximum atomic E-state index is 5.81. The normalized spacial score (nSPS) is 10.5. The van der Waals surface area contributed by atoms with Gasteiger partial charge in [-0.25, -0.2) is 4.98 Å². The Morgan fingerprint density at radius 2 is 2.20 bits per heavy atom. The summed E-state index contributed by atoms with van der Waals surface area (Å²) in [6.45, 7) is 5.13. The topological polar surface area (TPSA) is 86.2 Å². The Morgan fingerprint density at radius 1 is 1.35 bits per heavy atom. The first-order chi connectivity index (χ1) is 9.72. The molecular formula is C14H20N4O2. The highest BCUT2D eigenvalue weighted by atomic mass is 16.5. The van der Waals surface area contributed by atoms with Gasteiger partial charge in [-0.2, -0.15) is 4.98 Å². The number of nitrogens with one attached hydrogen (secondary N) is 1. The van der Waals surface area contributed by atoms with Gasteiger partial charge in [0, 0.05) is 6.42 Å². The van der Waals surface area contributed by atoms with Gasteiger partial charge in [-0.15, -0.1) is 0 Å². The fourth-order valence-corrected chi connectivity index (χ4v) is 1.62. The summed E-state index contributed by atoms with van der Waals surface area (Å²) in [6, 6.07) is 3.57. The van der Waals surface area contributed by atoms with Gasteiger partial charge in [0.1, 0.15) is 11.6 Å². The molecule has 6 heteroatoms. The average Bonchev–Trinajstić information content (AvgIpc) is 2.93. The summed E-state index contributed by atoms with van der Waals surface area (Å²) < 4.78 is 11.0. The van der Waals surface area contributed by atoms with Crippen molar-refractivity contribution in [3.8, 4) is 5.88 Å². The van der Waals surface area contributed by atoms with E-state index in [2.05, 4.69) is 15.3 Å². The summed E-state index contributed by atoms with van der Waals surface area (Å²) >= 11 is 0. The highest BCUT2D eigenvalue weighted by Gasteiger charge is 2.06. The second-order valence-electron chi connectivity index (χ2n) is 4.37. The Balaban J connectivity index is 1.98. The van der Waals surface area contributed by atoms with Gasteiger partial charge in [-0.05, 0) is 18.6 Å². The van der Waals surface area contributed by atoms with Gasteiger partial charge >= 0.3 is 0 Å². The lowest BCUT2D eigenvalue weighted by atomic mass is 10.4. The Labute approximate surface area is 118 Å². The molecule has 2 aromatic rings. The number of aryl methyl sites for hydroxylation is 1. The lowest BCUT2D eigenvalue weighted by molar-refractivity contribution is 0.307. The van der Waals surface area contributed by atoms with E-state index in [1.165, 1.54) is 0 Å². The van der Waals surface area contributed by atoms with Crippen LogP contribution in [-0.4, -0.2) is 16.6 Å². The third-order valence-corrected chi connectivity index (χ3v) is 2.70. The van der Waals surface area contributed by atoms with Crippen molar-refractivity contribution in [1.82, 2.24) is 9.97 Å². The number of aromatic nitrogens is 2. The average molecular weight is 276 g/mol. The molecule has 108 valence electrons. The summed E-state index contributed by atoms with van der Waals surface area (Å²) in [5.41, 5.74) is 6.35. The van der Waals surface area contributed by atoms with Crippen molar-refractivity contribution in [3.05, 3.63) is 30.0 Å². The molecule has 0 aromatic carbocycles. The minimum atomic E-state index is 0.457. The van der Waals surface area contributed by atoms with Crippen LogP contribution >= 0.6 is 0 Å². The molecule has 0 saturated carbocycles. The zero-order valence-electron chi connectivity index (χ0n) is 11.8. The number of hydrogen-bond donors (Lipinski definition) is 2. The summed E-state index contributed by atoms with van der Waals surface area (Å²) in [5, 5.41) is 3.14. The number of anilines is 2. The molecule has 2 rings (SSSR count). The predicted molar refractivity (Wildman–Crippen MR) is 77.6 cm³/mol. The van der Waals surface area contributed by atoms with E-state index >= 15 is 0 Å². The van der Waals surface area contributed by atoms with Crippen molar-refractivity contribution >= 4 is 11.5 Å². The number of rotatable bonds is 7. The molecule has 0 radical (unpaired) electrons. The number of pyridine rings is 1. The molecule has 2 heterocycles. The smallest absolute Gasteiger partial charge is 0.239 e. The fourth-order valence-electron chi connectivity index (χ4n) is 1.62. The summed E-state index contributed by atoms with van der Waals surface area (Å²) in [5.74, 6) is 2.65. The highest BCUT2D eigenvalue weighted by molar-refractivity contribution is 5.53. The van der Waals surface area contributed by atoms with Gasteiger partial charge < -0.3 is 20.2 Å². The van der Waals surface area contributed by atoms with Gasteiger partial charge in [0.05, 0.1) is 25.0 Å². The molecule has 3 N–H and O–H groups in total. The summed E-state index contributed by atoms with van der Waals surface area (Å²) in [4.78, 5) is 8.50. The van der Waals surface area contributed by atoms with Crippen LogP contribution in [-0.2, 0) is 13.0 Å². The van der Waals surface area contributed by atoms with E-state index in [4.69, 9.17) is 14.9 Å². The molecule has 0 aliphatic carbocycles. The molecule has 2 aromatic heterocycles. The standard InChI is InChI=1S/C14H20N4O2/c1-3-7-19-14-11(15)5-6-12(18-14)16-9-13-17-8-10(4-2)20-13/h5-6,8H,3-4,7,9,15H2,1-2H3,(H,16,18). The van der Waals surface area contributed by atoms with Crippen LogP contribution in [0.2, 0.25) is 0 Å². The third-order valence-electron chi connectivity index (χ3n) is 2.70. The first-order valence-corrected chi connectivity index (χ1v) is 6.79. The SMILES string of the molecule is CCCOc1nc(NCc2ncc(CC)o2)ccc1N. The van der Waals surface area contributed by atoms with Crippen molar-refractivity contribution in [2.75, 3.05) is 17.7 Å². The van der Waals surface area contributed by atoms with E-state index in [-0.39, 0.29) is 0 Å². The molecule has 0 bridgehead atoms. The largest absolute Gasteiger partial charge is 0.476 e. The summed E-state index contributed by atoms with van der Waals surface area (Å²) in [6.07, 6.45) is 3.49. The van der Waals surface area contributed by atoms with Crippen LogP contribution in [0.25, 0.3) is 0 Å². The van der Waals surface area contributed by atoms with Crippen molar-refractivity contribution in [2.24, 2.45) is 0 Å². The van der Waals surface area contributed by atoms with E-state index in [1.807, 2.05) is 13.8 Å². The van der Waals surface area contributed by atoms with Crippen molar-refractivity contribution < 1.29 is 9.15 Å². The Kier molecular flexibility index (Phi) is 4.81. The third kappa shape index (κ3) is 3.63. The molecular weight excluding hydrogens is 256 g/mol. The van der Waals surface area contributed by atoms with Gasteiger partial charge in [0.25, 0.3) is 0 Å². The molecule has 20 heavy (non-hydrogen) atoms. The number of nitrogens with two attached hydrogens (primary N) is 1. The number of oxazole rings is 1. The molecule has 0 fully saturated rings. The maximum Gasteiger partial charge on any atom is 0.239 e. The van der Waals surface area contributed by atoms with E-state index in [1.54, 1.807) is 18.3 Å². The van der Waals surface area contributed by atoms with Crippen molar-refractivity contribution in [1.29, 1.82) is 0 Å². The zero-order chi connectivity index (χ0) is 14.4. The van der Waals surface area contributed by atoms with Crippen LogP contribution in [0.1, 0.15) is 31.9 Å². The van der Waals surface area contributed by atoms with Crippen LogP contribution in [0, 0.1) is 0 Å². The molecule has 0 aliphatic rings. The second kappa shape index (κ2) is 6.79. The lowest BCUT2D eigenvalue weighted by Crippen LogP contribution is -2.05. The molecule has 6 nitrogen and oxygen atoms in total. The van der Waals surface area contributed by atoms with Gasteiger partial charge in [-0.3, -0.25) is 0 Å². The quantitative estimate of drug-likeness (QED) is 0.808. The summed E-state index contributed by atoms with van der Waals surface area (Å²) in [7, 11) is 0. The molecule has 0 unspecified atom stereocenters. The van der Waals surface area contributed by atoms with Crippen LogP contribution in [0.15, 0.2) is 22.7 Å². The first-order valence-electron chi connectivity index (χ1n) is 6.79. The monoisotopic (exact) mass is 276 g/mol. The molecule has 0 aliphatic heterocycles. The second-order valence-corrected chi connectivity index (χ2v) is 4.37. The first kappa shape index (κ1) is 14.2. The Bertz CT molecular complexity index is 554. The zero-order valence-corrected chi connectivity index (χ0v) is 11.8. The minimum absolute atomic E-state index is 0.457. The van der Waals surface area contributed by atoms with E-state index < -0.39 is 0 Å². The number of hydrogen-bond acceptors (Lipinski definition) is 6. The van der Waals surface area contributed by atoms with Crippen molar-refractivity contribution in [3.63, 3.8) is 0 Å². The van der Waals surface area contributed by atoms with Gasteiger partial charge in [0.15, 0.2) is 0 Å². The Morgan fingerprint density at radius 3 is 2.90 bits per heavy atom. The maximum absolute atomic E-state index is 5.81. The fraction of sp³-hybridized carbons (Fsp3) is 0.429. The van der Waals surface area contributed by atoms with E-state index in [0.717, 1.165) is 18.6 Å². The van der Waals surface area contributed by atoms with Crippen LogP contribution in [0.3, 0.4) is 0 Å². The Hall–Kier alpha value is -2.24. The van der Waals surface area contributed by atoms with Gasteiger partial charge in [0.2, 0.25) is 11.8 Å². The predicted octanol–water partition coefficient (Wildman–Crippen LogP) is 2.62. The molecule has 0 atom stereocenters. The minimum Gasteiger partial charge on any atom is -0.476 e. The van der Waals surface area contributed by atoms with Crippen molar-refractivity contribution in [2.45, 2.75) is 33.2 Å². The molecule has 0 amide bonds. The molecule has 0 spiro atoms. The number of ether oxygens (including phenoxy) is 1. The molecule has 0 saturated heterocycles. The van der Waals surface area contributed by atoms with E-state index in [0.29, 0.717) is 36.4 Å². The van der Waals surface area contributed by atoms with Crippen LogP contribution < -0.4 is 15.8 Å². The highest BCUT2D eigenvalue weighted by Crippen LogP contribution is 2.21. The lowest BCUT2D eigenvalue weighted by Gasteiger charge is -2.09. The van der Waals surface area contributed by atoms with E-state index in [9.17, 15) is 0 Å². The number of nitrogen functional groups attached to an aromatic ring is 1. The van der Waals surface area contributed by atoms with Crippen LogP contribution in [0.4, 0.5) is 11.5 Å². The van der Waals surface area contributed by atoms with Crippen LogP contribution in [0.5, 0.6) is 5.88 Å².